The molecule has 0 saturated heterocycles. The van der Waals surface area contributed by atoms with Gasteiger partial charge in [0.05, 0.1) is 11.4 Å². The molecule has 0 fully saturated rings. The molecule has 0 amide bonds. The van der Waals surface area contributed by atoms with Crippen LogP contribution in [-0.4, -0.2) is 7.28 Å². The molecule has 0 unspecified atom stereocenters. The number of hydrogen-bond donors (Lipinski definition) is 1. The van der Waals surface area contributed by atoms with Gasteiger partial charge in [0.25, 0.3) is 0 Å². The van der Waals surface area contributed by atoms with Crippen LogP contribution < -0.4 is 21.1 Å². The lowest BCUT2D eigenvalue weighted by Crippen LogP contribution is -2.44. The number of benzene rings is 9. The Morgan fingerprint density at radius 3 is 1.90 bits per heavy atom. The van der Waals surface area contributed by atoms with Crippen LogP contribution in [0.2, 0.25) is 0 Å². The second kappa shape index (κ2) is 15.6. The maximum absolute atomic E-state index is 7.22. The van der Waals surface area contributed by atoms with Gasteiger partial charge in [0.2, 0.25) is 0 Å². The first-order valence-corrected chi connectivity index (χ1v) is 24.4. The summed E-state index contributed by atoms with van der Waals surface area (Å²) in [7, 11) is 0.752. The van der Waals surface area contributed by atoms with Crippen molar-refractivity contribution in [3.63, 3.8) is 0 Å². The van der Waals surface area contributed by atoms with E-state index in [0.29, 0.717) is 0 Å². The highest BCUT2D eigenvalue weighted by Gasteiger charge is 2.41. The number of nitrogens with one attached hydrogen (secondary N) is 1. The third-order valence-electron chi connectivity index (χ3n) is 15.3. The molecule has 1 aliphatic heterocycles. The number of fused-ring (bicyclic) bond motifs is 8. The van der Waals surface area contributed by atoms with Crippen molar-refractivity contribution in [1.29, 1.82) is 0 Å². The van der Waals surface area contributed by atoms with Crippen LogP contribution in [0, 0.1) is 0 Å². The first kappa shape index (κ1) is 42.1. The number of hydrogen-bond acceptors (Lipinski definition) is 3. The number of furan rings is 1. The zero-order valence-corrected chi connectivity index (χ0v) is 40.3. The lowest BCUT2D eigenvalue weighted by molar-refractivity contribution is 0.332. The van der Waals surface area contributed by atoms with Crippen LogP contribution in [0.15, 0.2) is 186 Å². The van der Waals surface area contributed by atoms with Crippen LogP contribution in [-0.2, 0) is 16.2 Å². The minimum absolute atomic E-state index is 0.0174. The Labute approximate surface area is 401 Å². The Bertz CT molecular complexity index is 3600. The van der Waals surface area contributed by atoms with Gasteiger partial charge >= 0.3 is 0 Å². The molecule has 0 radical (unpaired) electrons. The summed E-state index contributed by atoms with van der Waals surface area (Å²) in [6.07, 6.45) is 2.29. The van der Waals surface area contributed by atoms with Gasteiger partial charge in [-0.1, -0.05) is 187 Å². The van der Waals surface area contributed by atoms with Crippen molar-refractivity contribution < 1.29 is 4.42 Å². The minimum Gasteiger partial charge on any atom is -0.454 e. The summed E-state index contributed by atoms with van der Waals surface area (Å²) >= 11 is 0. The smallest absolute Gasteiger partial charge is 0.198 e. The topological polar surface area (TPSA) is 28.4 Å². The van der Waals surface area contributed by atoms with Crippen molar-refractivity contribution >= 4 is 79.4 Å². The maximum Gasteiger partial charge on any atom is 0.198 e. The zero-order chi connectivity index (χ0) is 46.5. The van der Waals surface area contributed by atoms with E-state index in [1.807, 2.05) is 0 Å². The predicted octanol–water partition coefficient (Wildman–Crippen LogP) is 16.3. The number of nitrogens with zero attached hydrogens (tertiary/aromatic N) is 1. The van der Waals surface area contributed by atoms with E-state index in [2.05, 4.69) is 241 Å². The molecule has 1 N–H and O–H groups in total. The fourth-order valence-corrected chi connectivity index (χ4v) is 11.3. The van der Waals surface area contributed by atoms with E-state index in [1.54, 1.807) is 0 Å². The van der Waals surface area contributed by atoms with Crippen LogP contribution in [0.1, 0.15) is 78.0 Å². The summed E-state index contributed by atoms with van der Waals surface area (Å²) in [5.74, 6) is 0. The molecule has 332 valence electrons. The average Bonchev–Trinajstić information content (AvgIpc) is 3.73. The SMILES string of the molecule is CC(C)(C)c1ccc(N2c3cc4c(cc3Bc3c(-c5c(Nc6ccc(-c7ccccc7)cc6)ccc6ccccc56)cc5c(oc6ccccc65)c32)C(C)(C)CCC4(C)C)c(-c2ccccc2)c1. The molecule has 68 heavy (non-hydrogen) atoms. The van der Waals surface area contributed by atoms with Crippen molar-refractivity contribution in [1.82, 2.24) is 0 Å². The second-order valence-electron chi connectivity index (χ2n) is 21.7. The molecule has 0 bridgehead atoms. The van der Waals surface area contributed by atoms with E-state index in [1.165, 1.54) is 77.5 Å². The largest absolute Gasteiger partial charge is 0.454 e. The third-order valence-corrected chi connectivity index (χ3v) is 15.3. The zero-order valence-electron chi connectivity index (χ0n) is 40.3. The van der Waals surface area contributed by atoms with Gasteiger partial charge in [-0.25, -0.2) is 0 Å². The molecule has 3 nitrogen and oxygen atoms in total. The Hall–Kier alpha value is -7.30. The quantitative estimate of drug-likeness (QED) is 0.169. The second-order valence-corrected chi connectivity index (χ2v) is 21.7. The molecule has 10 aromatic rings. The molecule has 2 heterocycles. The number of anilines is 5. The monoisotopic (exact) mass is 880 g/mol. The molecule has 0 saturated carbocycles. The van der Waals surface area contributed by atoms with Gasteiger partial charge in [0.1, 0.15) is 5.58 Å². The van der Waals surface area contributed by atoms with Gasteiger partial charge in [0.15, 0.2) is 12.9 Å². The van der Waals surface area contributed by atoms with E-state index in [9.17, 15) is 0 Å². The van der Waals surface area contributed by atoms with Gasteiger partial charge in [-0.15, -0.1) is 0 Å². The Morgan fingerprint density at radius 1 is 0.544 bits per heavy atom. The first-order chi connectivity index (χ1) is 32.8. The lowest BCUT2D eigenvalue weighted by atomic mass is 9.55. The molecular formula is C64H57BN2O. The highest BCUT2D eigenvalue weighted by Crippen LogP contribution is 2.52. The van der Waals surface area contributed by atoms with Crippen LogP contribution >= 0.6 is 0 Å². The average molecular weight is 881 g/mol. The summed E-state index contributed by atoms with van der Waals surface area (Å²) in [6, 6.07) is 67.3. The fraction of sp³-hybridized carbons (Fsp3) is 0.188. The molecule has 2 aliphatic rings. The van der Waals surface area contributed by atoms with Crippen molar-refractivity contribution in [2.45, 2.75) is 77.6 Å². The predicted molar refractivity (Wildman–Crippen MR) is 292 cm³/mol. The molecule has 0 spiro atoms. The fourth-order valence-electron chi connectivity index (χ4n) is 11.3. The molecule has 0 atom stereocenters. The van der Waals surface area contributed by atoms with Gasteiger partial charge in [-0.05, 0) is 133 Å². The van der Waals surface area contributed by atoms with Gasteiger partial charge in [-0.3, -0.25) is 0 Å². The van der Waals surface area contributed by atoms with E-state index >= 15 is 0 Å². The summed E-state index contributed by atoms with van der Waals surface area (Å²) in [5, 5.41) is 8.60. The van der Waals surface area contributed by atoms with Gasteiger partial charge in [0, 0.05) is 39.0 Å². The Morgan fingerprint density at radius 2 is 1.18 bits per heavy atom. The Kier molecular flexibility index (Phi) is 9.68. The molecule has 9 aromatic carbocycles. The summed E-state index contributed by atoms with van der Waals surface area (Å²) in [5.41, 5.74) is 21.4. The van der Waals surface area contributed by atoms with Crippen molar-refractivity contribution in [2.75, 3.05) is 10.2 Å². The summed E-state index contributed by atoms with van der Waals surface area (Å²) in [6.45, 7) is 16.7. The highest BCUT2D eigenvalue weighted by molar-refractivity contribution is 6.74. The molecule has 12 rings (SSSR count). The highest BCUT2D eigenvalue weighted by atomic mass is 16.3. The van der Waals surface area contributed by atoms with Crippen LogP contribution in [0.5, 0.6) is 0 Å². The summed E-state index contributed by atoms with van der Waals surface area (Å²) < 4.78 is 7.22. The molecular weight excluding hydrogens is 824 g/mol. The van der Waals surface area contributed by atoms with E-state index in [-0.39, 0.29) is 16.2 Å². The van der Waals surface area contributed by atoms with Crippen LogP contribution in [0.4, 0.5) is 28.4 Å². The first-order valence-electron chi connectivity index (χ1n) is 24.4. The van der Waals surface area contributed by atoms with Crippen molar-refractivity contribution in [3.8, 4) is 33.4 Å². The third kappa shape index (κ3) is 6.95. The van der Waals surface area contributed by atoms with Crippen molar-refractivity contribution in [3.05, 3.63) is 199 Å². The van der Waals surface area contributed by atoms with E-state index < -0.39 is 0 Å². The van der Waals surface area contributed by atoms with E-state index in [4.69, 9.17) is 4.42 Å². The summed E-state index contributed by atoms with van der Waals surface area (Å²) in [4.78, 5) is 2.61. The van der Waals surface area contributed by atoms with Crippen LogP contribution in [0.25, 0.3) is 66.1 Å². The van der Waals surface area contributed by atoms with Crippen LogP contribution in [0.3, 0.4) is 0 Å². The molecule has 4 heteroatoms. The number of rotatable bonds is 6. The minimum atomic E-state index is -0.0484. The van der Waals surface area contributed by atoms with Gasteiger partial charge < -0.3 is 14.6 Å². The number of para-hydroxylation sites is 1. The molecule has 1 aliphatic carbocycles. The Balaban J connectivity index is 1.19. The van der Waals surface area contributed by atoms with Gasteiger partial charge in [-0.2, -0.15) is 0 Å². The van der Waals surface area contributed by atoms with Crippen molar-refractivity contribution in [2.24, 2.45) is 0 Å². The van der Waals surface area contributed by atoms with E-state index in [0.717, 1.165) is 64.8 Å². The standard InChI is InChI=1S/C64H57BN2O/c1-62(2,3)44-29-33-55(48(36-44)42-20-12-9-13-21-42)67-56-39-52-51(63(4,5)34-35-64(52,6)7)38-53(56)65-59-50(37-49-47-24-16-17-25-57(47)68-61(49)60(59)67)58-46-23-15-14-22-43(46)28-32-54(58)66-45-30-26-41(27-31-45)40-18-10-8-11-19-40/h8-33,36-39,65-66H,34-35H2,1-7H3. The maximum atomic E-state index is 7.22. The lowest BCUT2D eigenvalue weighted by Gasteiger charge is -2.44. The normalized spacial score (nSPS) is 14.9. The molecule has 1 aromatic heterocycles.